The van der Waals surface area contributed by atoms with Crippen molar-refractivity contribution in [1.82, 2.24) is 15.5 Å². The largest absolute Gasteiger partial charge is 0.468 e. The van der Waals surface area contributed by atoms with E-state index in [1.807, 2.05) is 13.8 Å². The standard InChI is InChI=1S/C16H23N3O4/c1-11(2)18-16(22)17-9-12-5-7-13(8-6-12)15(21)19(3)10-14(20)23-4/h5-8,11H,9-10H2,1-4H3,(H2,17,18,22). The molecule has 0 aliphatic rings. The Labute approximate surface area is 136 Å². The number of carbonyl (C=O) groups excluding carboxylic acids is 3. The maximum atomic E-state index is 12.1. The number of hydrogen-bond acceptors (Lipinski definition) is 4. The van der Waals surface area contributed by atoms with Crippen molar-refractivity contribution in [2.24, 2.45) is 0 Å². The second-order valence-corrected chi connectivity index (χ2v) is 5.42. The first-order valence-electron chi connectivity index (χ1n) is 7.29. The Morgan fingerprint density at radius 3 is 2.30 bits per heavy atom. The minimum Gasteiger partial charge on any atom is -0.468 e. The molecule has 0 radical (unpaired) electrons. The van der Waals surface area contributed by atoms with E-state index in [-0.39, 0.29) is 24.5 Å². The van der Waals surface area contributed by atoms with Gasteiger partial charge in [0.15, 0.2) is 0 Å². The second kappa shape index (κ2) is 8.77. The van der Waals surface area contributed by atoms with Gasteiger partial charge in [-0.3, -0.25) is 9.59 Å². The van der Waals surface area contributed by atoms with Gasteiger partial charge in [0.25, 0.3) is 5.91 Å². The van der Waals surface area contributed by atoms with E-state index >= 15 is 0 Å². The molecule has 0 atom stereocenters. The molecule has 0 bridgehead atoms. The first-order chi connectivity index (χ1) is 10.8. The van der Waals surface area contributed by atoms with Crippen LogP contribution >= 0.6 is 0 Å². The normalized spacial score (nSPS) is 10.1. The number of methoxy groups -OCH3 is 1. The maximum absolute atomic E-state index is 12.1. The summed E-state index contributed by atoms with van der Waals surface area (Å²) < 4.78 is 4.53. The van der Waals surface area contributed by atoms with Crippen LogP contribution in [0.5, 0.6) is 0 Å². The molecular weight excluding hydrogens is 298 g/mol. The fourth-order valence-corrected chi connectivity index (χ4v) is 1.81. The molecule has 2 N–H and O–H groups in total. The van der Waals surface area contributed by atoms with Crippen molar-refractivity contribution in [3.05, 3.63) is 35.4 Å². The number of nitrogens with one attached hydrogen (secondary N) is 2. The lowest BCUT2D eigenvalue weighted by Crippen LogP contribution is -2.39. The van der Waals surface area contributed by atoms with E-state index in [1.54, 1.807) is 24.3 Å². The van der Waals surface area contributed by atoms with Crippen LogP contribution in [0.4, 0.5) is 4.79 Å². The van der Waals surface area contributed by atoms with Crippen LogP contribution in [-0.2, 0) is 16.1 Å². The zero-order valence-electron chi connectivity index (χ0n) is 13.9. The van der Waals surface area contributed by atoms with Crippen LogP contribution in [0, 0.1) is 0 Å². The summed E-state index contributed by atoms with van der Waals surface area (Å²) in [5, 5.41) is 5.46. The number of likely N-dealkylation sites (N-methyl/N-ethyl adjacent to an activating group) is 1. The van der Waals surface area contributed by atoms with Crippen LogP contribution in [0.2, 0.25) is 0 Å². The van der Waals surface area contributed by atoms with Gasteiger partial charge in [0.2, 0.25) is 0 Å². The van der Waals surface area contributed by atoms with Crippen molar-refractivity contribution >= 4 is 17.9 Å². The molecule has 1 aromatic rings. The highest BCUT2D eigenvalue weighted by molar-refractivity contribution is 5.95. The van der Waals surface area contributed by atoms with Crippen LogP contribution < -0.4 is 10.6 Å². The van der Waals surface area contributed by atoms with E-state index in [2.05, 4.69) is 15.4 Å². The monoisotopic (exact) mass is 321 g/mol. The molecule has 0 aliphatic carbocycles. The third-order valence-corrected chi connectivity index (χ3v) is 3.01. The quantitative estimate of drug-likeness (QED) is 0.769. The Morgan fingerprint density at radius 1 is 1.17 bits per heavy atom. The number of nitrogens with zero attached hydrogens (tertiary/aromatic N) is 1. The number of esters is 1. The molecule has 7 nitrogen and oxygen atoms in total. The highest BCUT2D eigenvalue weighted by Gasteiger charge is 2.15. The number of hydrogen-bond donors (Lipinski definition) is 2. The van der Waals surface area contributed by atoms with Crippen LogP contribution in [0.3, 0.4) is 0 Å². The molecule has 126 valence electrons. The highest BCUT2D eigenvalue weighted by atomic mass is 16.5. The molecule has 0 fully saturated rings. The maximum Gasteiger partial charge on any atom is 0.325 e. The number of benzene rings is 1. The van der Waals surface area contributed by atoms with Gasteiger partial charge in [-0.1, -0.05) is 12.1 Å². The van der Waals surface area contributed by atoms with Gasteiger partial charge in [0, 0.05) is 25.2 Å². The summed E-state index contributed by atoms with van der Waals surface area (Å²) in [7, 11) is 2.81. The van der Waals surface area contributed by atoms with Crippen LogP contribution in [0.15, 0.2) is 24.3 Å². The predicted octanol–water partition coefficient (Wildman–Crippen LogP) is 1.14. The van der Waals surface area contributed by atoms with Gasteiger partial charge < -0.3 is 20.3 Å². The van der Waals surface area contributed by atoms with Gasteiger partial charge in [-0.25, -0.2) is 4.79 Å². The SMILES string of the molecule is COC(=O)CN(C)C(=O)c1ccc(CNC(=O)NC(C)C)cc1. The molecule has 0 aromatic heterocycles. The van der Waals surface area contributed by atoms with Crippen molar-refractivity contribution in [3.63, 3.8) is 0 Å². The molecule has 0 heterocycles. The molecule has 7 heteroatoms. The first-order valence-corrected chi connectivity index (χ1v) is 7.29. The Morgan fingerprint density at radius 2 is 1.78 bits per heavy atom. The van der Waals surface area contributed by atoms with Crippen molar-refractivity contribution in [1.29, 1.82) is 0 Å². The second-order valence-electron chi connectivity index (χ2n) is 5.42. The molecule has 0 saturated heterocycles. The van der Waals surface area contributed by atoms with Crippen molar-refractivity contribution in [2.45, 2.75) is 26.4 Å². The molecule has 0 saturated carbocycles. The third kappa shape index (κ3) is 6.37. The summed E-state index contributed by atoms with van der Waals surface area (Å²) in [5.74, 6) is -0.745. The third-order valence-electron chi connectivity index (χ3n) is 3.01. The smallest absolute Gasteiger partial charge is 0.325 e. The summed E-state index contributed by atoms with van der Waals surface area (Å²) in [6.45, 7) is 4.02. The molecule has 3 amide bonds. The zero-order chi connectivity index (χ0) is 17.4. The number of ether oxygens (including phenoxy) is 1. The Balaban J connectivity index is 2.57. The molecule has 23 heavy (non-hydrogen) atoms. The van der Waals surface area contributed by atoms with E-state index < -0.39 is 5.97 Å². The van der Waals surface area contributed by atoms with Gasteiger partial charge in [-0.2, -0.15) is 0 Å². The summed E-state index contributed by atoms with van der Waals surface area (Å²) in [6.07, 6.45) is 0. The lowest BCUT2D eigenvalue weighted by atomic mass is 10.1. The fraction of sp³-hybridized carbons (Fsp3) is 0.438. The van der Waals surface area contributed by atoms with Crippen molar-refractivity contribution in [3.8, 4) is 0 Å². The minimum atomic E-state index is -0.474. The molecule has 0 unspecified atom stereocenters. The Hall–Kier alpha value is -2.57. The Bertz CT molecular complexity index is 555. The minimum absolute atomic E-state index is 0.0698. The Kier molecular flexibility index (Phi) is 7.05. The molecule has 1 aromatic carbocycles. The lowest BCUT2D eigenvalue weighted by molar-refractivity contribution is -0.141. The van der Waals surface area contributed by atoms with Crippen LogP contribution in [0.25, 0.3) is 0 Å². The predicted molar refractivity (Wildman–Crippen MR) is 85.9 cm³/mol. The average Bonchev–Trinajstić information content (AvgIpc) is 2.51. The fourth-order valence-electron chi connectivity index (χ4n) is 1.81. The molecule has 0 spiro atoms. The van der Waals surface area contributed by atoms with Gasteiger partial charge in [0.05, 0.1) is 7.11 Å². The average molecular weight is 321 g/mol. The van der Waals surface area contributed by atoms with Gasteiger partial charge >= 0.3 is 12.0 Å². The molecular formula is C16H23N3O4. The molecule has 1 rings (SSSR count). The van der Waals surface area contributed by atoms with Crippen molar-refractivity contribution < 1.29 is 19.1 Å². The van der Waals surface area contributed by atoms with Gasteiger partial charge in [0.1, 0.15) is 6.54 Å². The summed E-state index contributed by atoms with van der Waals surface area (Å²) in [4.78, 5) is 36.1. The number of rotatable bonds is 6. The van der Waals surface area contributed by atoms with E-state index in [0.717, 1.165) is 5.56 Å². The van der Waals surface area contributed by atoms with Gasteiger partial charge in [-0.05, 0) is 31.5 Å². The zero-order valence-corrected chi connectivity index (χ0v) is 13.9. The first kappa shape index (κ1) is 18.5. The van der Waals surface area contributed by atoms with E-state index in [0.29, 0.717) is 12.1 Å². The van der Waals surface area contributed by atoms with Gasteiger partial charge in [-0.15, -0.1) is 0 Å². The summed E-state index contributed by atoms with van der Waals surface area (Å²) >= 11 is 0. The topological polar surface area (TPSA) is 87.7 Å². The van der Waals surface area contributed by atoms with Crippen molar-refractivity contribution in [2.75, 3.05) is 20.7 Å². The highest BCUT2D eigenvalue weighted by Crippen LogP contribution is 2.07. The number of amides is 3. The van der Waals surface area contributed by atoms with E-state index in [1.165, 1.54) is 19.1 Å². The van der Waals surface area contributed by atoms with E-state index in [9.17, 15) is 14.4 Å². The van der Waals surface area contributed by atoms with E-state index in [4.69, 9.17) is 0 Å². The number of carbonyl (C=O) groups is 3. The lowest BCUT2D eigenvalue weighted by Gasteiger charge is -2.16. The summed E-state index contributed by atoms with van der Waals surface area (Å²) in [6, 6.07) is 6.67. The van der Waals surface area contributed by atoms with Crippen LogP contribution in [0.1, 0.15) is 29.8 Å². The molecule has 0 aliphatic heterocycles. The summed E-state index contributed by atoms with van der Waals surface area (Å²) in [5.41, 5.74) is 1.34. The number of urea groups is 1. The van der Waals surface area contributed by atoms with Crippen LogP contribution in [-0.4, -0.2) is 49.6 Å².